The van der Waals surface area contributed by atoms with Gasteiger partial charge in [-0.25, -0.2) is 0 Å². The largest absolute Gasteiger partial charge is 0.508 e. The minimum Gasteiger partial charge on any atom is -0.508 e. The molecule has 3 aliphatic rings. The van der Waals surface area contributed by atoms with Gasteiger partial charge in [-0.3, -0.25) is 0 Å². The third-order valence-corrected chi connectivity index (χ3v) is 4.65. The SMILES string of the molecule is CC1=C2c3cc(O)ccc3NC2C(C)=C2C=CN(C)C=C12.I. The predicted octanol–water partition coefficient (Wildman–Crippen LogP) is 4.25. The van der Waals surface area contributed by atoms with Crippen LogP contribution in [-0.4, -0.2) is 23.1 Å². The van der Waals surface area contributed by atoms with Crippen LogP contribution in [0.1, 0.15) is 19.4 Å². The molecule has 0 bridgehead atoms. The zero-order chi connectivity index (χ0) is 14.7. The summed E-state index contributed by atoms with van der Waals surface area (Å²) < 4.78 is 0. The fourth-order valence-corrected chi connectivity index (χ4v) is 3.55. The first-order valence-electron chi connectivity index (χ1n) is 7.20. The van der Waals surface area contributed by atoms with Gasteiger partial charge in [0.25, 0.3) is 0 Å². The molecule has 22 heavy (non-hydrogen) atoms. The van der Waals surface area contributed by atoms with Gasteiger partial charge in [0.15, 0.2) is 0 Å². The highest BCUT2D eigenvalue weighted by Gasteiger charge is 2.35. The molecule has 0 amide bonds. The highest BCUT2D eigenvalue weighted by molar-refractivity contribution is 14.0. The summed E-state index contributed by atoms with van der Waals surface area (Å²) in [4.78, 5) is 2.09. The number of allylic oxidation sites excluding steroid dienone is 4. The van der Waals surface area contributed by atoms with Crippen LogP contribution >= 0.6 is 24.0 Å². The molecule has 2 heterocycles. The van der Waals surface area contributed by atoms with Crippen LogP contribution in [-0.2, 0) is 0 Å². The molecule has 1 atom stereocenters. The van der Waals surface area contributed by atoms with Crippen molar-refractivity contribution < 1.29 is 5.11 Å². The number of fused-ring (bicyclic) bond motifs is 4. The molecule has 2 aliphatic heterocycles. The molecular formula is C18H19IN2O. The van der Waals surface area contributed by atoms with Gasteiger partial charge in [-0.1, -0.05) is 0 Å². The number of hydrogen-bond donors (Lipinski definition) is 2. The third kappa shape index (κ3) is 2.00. The smallest absolute Gasteiger partial charge is 0.116 e. The second-order valence-corrected chi connectivity index (χ2v) is 5.97. The van der Waals surface area contributed by atoms with E-state index in [1.807, 2.05) is 19.2 Å². The van der Waals surface area contributed by atoms with Gasteiger partial charge < -0.3 is 15.3 Å². The fraction of sp³-hybridized carbons (Fsp3) is 0.222. The molecule has 0 saturated carbocycles. The van der Waals surface area contributed by atoms with E-state index in [4.69, 9.17) is 0 Å². The number of aromatic hydroxyl groups is 1. The highest BCUT2D eigenvalue weighted by Crippen LogP contribution is 2.48. The number of halogens is 1. The molecule has 0 fully saturated rings. The van der Waals surface area contributed by atoms with Crippen LogP contribution in [0.2, 0.25) is 0 Å². The molecule has 4 rings (SSSR count). The van der Waals surface area contributed by atoms with Crippen LogP contribution in [0.5, 0.6) is 5.75 Å². The molecule has 1 aliphatic carbocycles. The summed E-state index contributed by atoms with van der Waals surface area (Å²) in [6, 6.07) is 5.77. The van der Waals surface area contributed by atoms with Gasteiger partial charge in [-0.05, 0) is 60.4 Å². The minimum absolute atomic E-state index is 0. The van der Waals surface area contributed by atoms with E-state index in [0.29, 0.717) is 5.75 Å². The first kappa shape index (κ1) is 15.2. The number of phenols is 1. The number of nitrogens with one attached hydrogen (secondary N) is 1. The quantitative estimate of drug-likeness (QED) is 0.500. The normalized spacial score (nSPS) is 21.7. The lowest BCUT2D eigenvalue weighted by Gasteiger charge is -2.31. The molecule has 0 spiro atoms. The van der Waals surface area contributed by atoms with Crippen LogP contribution in [0.15, 0.2) is 59.0 Å². The van der Waals surface area contributed by atoms with E-state index in [1.165, 1.54) is 27.9 Å². The van der Waals surface area contributed by atoms with Gasteiger partial charge in [0, 0.05) is 36.3 Å². The Hall–Kier alpha value is -1.69. The monoisotopic (exact) mass is 406 g/mol. The van der Waals surface area contributed by atoms with Crippen molar-refractivity contribution in [3.63, 3.8) is 0 Å². The van der Waals surface area contributed by atoms with Gasteiger partial charge in [-0.15, -0.1) is 24.0 Å². The molecule has 114 valence electrons. The van der Waals surface area contributed by atoms with Gasteiger partial charge in [0.05, 0.1) is 6.04 Å². The molecule has 0 radical (unpaired) electrons. The molecule has 4 heteroatoms. The summed E-state index contributed by atoms with van der Waals surface area (Å²) in [5, 5.41) is 13.4. The van der Waals surface area contributed by atoms with Crippen molar-refractivity contribution in [2.24, 2.45) is 0 Å². The Bertz CT molecular complexity index is 786. The summed E-state index contributed by atoms with van der Waals surface area (Å²) in [5.74, 6) is 0.318. The molecular weight excluding hydrogens is 387 g/mol. The van der Waals surface area contributed by atoms with Gasteiger partial charge >= 0.3 is 0 Å². The van der Waals surface area contributed by atoms with E-state index < -0.39 is 0 Å². The van der Waals surface area contributed by atoms with Crippen LogP contribution < -0.4 is 5.32 Å². The van der Waals surface area contributed by atoms with E-state index in [0.717, 1.165) is 11.3 Å². The Morgan fingerprint density at radius 3 is 2.77 bits per heavy atom. The second-order valence-electron chi connectivity index (χ2n) is 5.97. The van der Waals surface area contributed by atoms with E-state index in [1.54, 1.807) is 6.07 Å². The predicted molar refractivity (Wildman–Crippen MR) is 101 cm³/mol. The van der Waals surface area contributed by atoms with Gasteiger partial charge in [-0.2, -0.15) is 0 Å². The fourth-order valence-electron chi connectivity index (χ4n) is 3.55. The maximum absolute atomic E-state index is 9.82. The number of rotatable bonds is 0. The average molecular weight is 406 g/mol. The first-order chi connectivity index (χ1) is 10.1. The maximum atomic E-state index is 9.82. The first-order valence-corrected chi connectivity index (χ1v) is 7.20. The lowest BCUT2D eigenvalue weighted by Crippen LogP contribution is -2.24. The summed E-state index contributed by atoms with van der Waals surface area (Å²) in [5.41, 5.74) is 8.72. The van der Waals surface area contributed by atoms with E-state index >= 15 is 0 Å². The van der Waals surface area contributed by atoms with E-state index in [2.05, 4.69) is 42.5 Å². The Balaban J connectivity index is 0.00000144. The second kappa shape index (κ2) is 5.19. The minimum atomic E-state index is 0. The molecule has 0 saturated heterocycles. The number of anilines is 1. The number of nitrogens with zero attached hydrogens (tertiary/aromatic N) is 1. The lowest BCUT2D eigenvalue weighted by molar-refractivity contribution is 0.475. The molecule has 1 aromatic carbocycles. The van der Waals surface area contributed by atoms with Gasteiger partial charge in [0.1, 0.15) is 5.75 Å². The molecule has 0 aromatic heterocycles. The van der Waals surface area contributed by atoms with E-state index in [9.17, 15) is 5.11 Å². The molecule has 1 aromatic rings. The Labute approximate surface area is 147 Å². The van der Waals surface area contributed by atoms with Crippen molar-refractivity contribution in [3.05, 3.63) is 64.5 Å². The zero-order valence-corrected chi connectivity index (χ0v) is 15.2. The van der Waals surface area contributed by atoms with Gasteiger partial charge in [0.2, 0.25) is 0 Å². The van der Waals surface area contributed by atoms with Crippen molar-refractivity contribution in [1.29, 1.82) is 0 Å². The standard InChI is InChI=1S/C18H18N2O.HI/c1-10-15-9-20(3)7-6-13(15)11(2)18-17(10)14-8-12(21)4-5-16(14)19-18;/h4-9,18-19,21H,1-3H3;1H. The van der Waals surface area contributed by atoms with Crippen molar-refractivity contribution in [1.82, 2.24) is 4.90 Å². The van der Waals surface area contributed by atoms with Crippen molar-refractivity contribution in [3.8, 4) is 5.75 Å². The average Bonchev–Trinajstić information content (AvgIpc) is 2.83. The van der Waals surface area contributed by atoms with E-state index in [-0.39, 0.29) is 30.0 Å². The van der Waals surface area contributed by atoms with Crippen molar-refractivity contribution in [2.45, 2.75) is 19.9 Å². The summed E-state index contributed by atoms with van der Waals surface area (Å²) in [7, 11) is 2.05. The number of phenolic OH excluding ortho intramolecular Hbond substituents is 1. The topological polar surface area (TPSA) is 35.5 Å². The van der Waals surface area contributed by atoms with Crippen molar-refractivity contribution in [2.75, 3.05) is 12.4 Å². The number of benzene rings is 1. The van der Waals surface area contributed by atoms with Crippen LogP contribution in [0.4, 0.5) is 5.69 Å². The Morgan fingerprint density at radius 1 is 1.23 bits per heavy atom. The van der Waals surface area contributed by atoms with Crippen LogP contribution in [0.3, 0.4) is 0 Å². The Morgan fingerprint density at radius 2 is 2.00 bits per heavy atom. The molecule has 1 unspecified atom stereocenters. The zero-order valence-electron chi connectivity index (χ0n) is 12.8. The van der Waals surface area contributed by atoms with Crippen LogP contribution in [0.25, 0.3) is 5.57 Å². The summed E-state index contributed by atoms with van der Waals surface area (Å²) >= 11 is 0. The molecule has 2 N–H and O–H groups in total. The Kier molecular flexibility index (Phi) is 3.59. The summed E-state index contributed by atoms with van der Waals surface area (Å²) in [6.07, 6.45) is 6.46. The van der Waals surface area contributed by atoms with Crippen molar-refractivity contribution >= 4 is 35.2 Å². The number of hydrogen-bond acceptors (Lipinski definition) is 3. The third-order valence-electron chi connectivity index (χ3n) is 4.65. The lowest BCUT2D eigenvalue weighted by atomic mass is 9.79. The maximum Gasteiger partial charge on any atom is 0.116 e. The highest BCUT2D eigenvalue weighted by atomic mass is 127. The summed E-state index contributed by atoms with van der Waals surface area (Å²) in [6.45, 7) is 4.36. The van der Waals surface area contributed by atoms with Crippen LogP contribution in [0, 0.1) is 0 Å². The molecule has 3 nitrogen and oxygen atoms in total.